The fourth-order valence-electron chi connectivity index (χ4n) is 12.9. The SMILES string of the molecule is C=CC.CC1(C)CCCC2(C)C1CCC1(C)C3CCC4(C=O)CCCC4C3CCC12.CNCCc1cccc(C(=O)NCc2ccc(O)c(C(=O)O)c2)c1. The summed E-state index contributed by atoms with van der Waals surface area (Å²) in [6.07, 6.45) is 20.5. The van der Waals surface area contributed by atoms with Crippen molar-refractivity contribution in [3.05, 3.63) is 77.4 Å². The summed E-state index contributed by atoms with van der Waals surface area (Å²) in [6.45, 7) is 16.8. The van der Waals surface area contributed by atoms with Gasteiger partial charge >= 0.3 is 5.97 Å². The molecule has 8 atom stereocenters. The van der Waals surface area contributed by atoms with Crippen LogP contribution in [0.2, 0.25) is 0 Å². The number of carbonyl (C=O) groups is 3. The standard InChI is InChI=1S/C26H42O.C18H20N2O4.C3H6/c1-23(2)12-6-13-25(4)21(23)11-15-24(3)19-10-16-26(17-27)14-5-7-20(26)18(19)8-9-22(24)25;1-19-8-7-12-3-2-4-14(9-12)17(22)20-11-13-5-6-16(21)15(10-13)18(23)24;1-3-2/h17-22H,5-16H2,1-4H3;2-6,9-10,19,21H,7-8,11H2,1H3,(H,20,22)(H,23,24);3H,1H2,2H3. The quantitative estimate of drug-likeness (QED) is 0.158. The molecule has 5 aliphatic carbocycles. The van der Waals surface area contributed by atoms with Crippen molar-refractivity contribution >= 4 is 18.2 Å². The molecule has 1 amide bonds. The smallest absolute Gasteiger partial charge is 0.339 e. The molecule has 7 nitrogen and oxygen atoms in total. The van der Waals surface area contributed by atoms with Crippen molar-refractivity contribution in [2.75, 3.05) is 13.6 Å². The predicted molar refractivity (Wildman–Crippen MR) is 218 cm³/mol. The number of fused-ring (bicyclic) bond motifs is 7. The number of allylic oxidation sites excluding steroid dienone is 1. The van der Waals surface area contributed by atoms with Gasteiger partial charge in [-0.1, -0.05) is 64.8 Å². The number of nitrogens with one attached hydrogen (secondary N) is 2. The van der Waals surface area contributed by atoms with Crippen molar-refractivity contribution in [2.24, 2.45) is 51.2 Å². The number of carboxylic acid groups (broad SMARTS) is 1. The van der Waals surface area contributed by atoms with Gasteiger partial charge in [0.25, 0.3) is 5.91 Å². The number of aldehydes is 1. The van der Waals surface area contributed by atoms with Gasteiger partial charge in [0.1, 0.15) is 17.6 Å². The van der Waals surface area contributed by atoms with E-state index in [1.165, 1.54) is 95.5 Å². The van der Waals surface area contributed by atoms with E-state index in [9.17, 15) is 19.5 Å². The first kappa shape index (κ1) is 41.7. The molecule has 4 N–H and O–H groups in total. The van der Waals surface area contributed by atoms with Crippen LogP contribution in [0.25, 0.3) is 0 Å². The second kappa shape index (κ2) is 17.1. The molecule has 0 spiro atoms. The maximum absolute atomic E-state index is 12.2. The van der Waals surface area contributed by atoms with E-state index in [1.807, 2.05) is 32.2 Å². The Kier molecular flexibility index (Phi) is 13.2. The number of carboxylic acids is 1. The third-order valence-electron chi connectivity index (χ3n) is 15.2. The lowest BCUT2D eigenvalue weighted by molar-refractivity contribution is -0.194. The van der Waals surface area contributed by atoms with Gasteiger partial charge in [0.15, 0.2) is 0 Å². The van der Waals surface area contributed by atoms with E-state index in [1.54, 1.807) is 18.2 Å². The van der Waals surface area contributed by atoms with E-state index in [0.29, 0.717) is 27.4 Å². The third-order valence-corrected chi connectivity index (χ3v) is 15.2. The molecule has 5 aliphatic rings. The molecule has 5 saturated carbocycles. The lowest BCUT2D eigenvalue weighted by atomic mass is 9.36. The van der Waals surface area contributed by atoms with Crippen LogP contribution in [0, 0.1) is 51.2 Å². The van der Waals surface area contributed by atoms with Crippen LogP contribution in [0.15, 0.2) is 55.1 Å². The van der Waals surface area contributed by atoms with E-state index in [0.717, 1.165) is 48.1 Å². The molecule has 2 aromatic rings. The molecule has 0 aromatic heterocycles. The number of likely N-dealkylation sites (N-methyl/N-ethyl adjacent to an activating group) is 1. The summed E-state index contributed by atoms with van der Waals surface area (Å²) in [5.74, 6) is 2.59. The van der Waals surface area contributed by atoms with Crippen molar-refractivity contribution in [2.45, 2.75) is 125 Å². The number of hydrogen-bond donors (Lipinski definition) is 4. The van der Waals surface area contributed by atoms with Gasteiger partial charge in [0.2, 0.25) is 0 Å². The molecule has 7 rings (SSSR count). The fourth-order valence-corrected chi connectivity index (χ4v) is 12.9. The van der Waals surface area contributed by atoms with Crippen LogP contribution in [-0.4, -0.2) is 42.0 Å². The Morgan fingerprint density at radius 2 is 1.61 bits per heavy atom. The summed E-state index contributed by atoms with van der Waals surface area (Å²) in [6, 6.07) is 11.6. The van der Waals surface area contributed by atoms with Gasteiger partial charge in [0.05, 0.1) is 0 Å². The Balaban J connectivity index is 0.000000195. The summed E-state index contributed by atoms with van der Waals surface area (Å²) in [7, 11) is 1.87. The van der Waals surface area contributed by atoms with Crippen molar-refractivity contribution < 1.29 is 24.6 Å². The lowest BCUT2D eigenvalue weighted by Gasteiger charge is -2.68. The number of aromatic hydroxyl groups is 1. The van der Waals surface area contributed by atoms with Crippen LogP contribution in [-0.2, 0) is 17.8 Å². The highest BCUT2D eigenvalue weighted by Gasteiger charge is 2.65. The Bertz CT molecular complexity index is 1650. The highest BCUT2D eigenvalue weighted by Crippen LogP contribution is 2.72. The normalized spacial score (nSPS) is 33.0. The van der Waals surface area contributed by atoms with E-state index < -0.39 is 5.97 Å². The van der Waals surface area contributed by atoms with Gasteiger partial charge in [-0.3, -0.25) is 4.79 Å². The van der Waals surface area contributed by atoms with E-state index in [4.69, 9.17) is 5.11 Å². The topological polar surface area (TPSA) is 116 Å². The number of hydrogen-bond acceptors (Lipinski definition) is 5. The molecular weight excluding hydrogens is 673 g/mol. The summed E-state index contributed by atoms with van der Waals surface area (Å²) in [4.78, 5) is 35.4. The zero-order valence-corrected chi connectivity index (χ0v) is 34.0. The number of phenols is 1. The van der Waals surface area contributed by atoms with Crippen molar-refractivity contribution in [1.29, 1.82) is 0 Å². The number of aromatic carboxylic acids is 1. The first-order valence-corrected chi connectivity index (χ1v) is 20.8. The minimum atomic E-state index is -1.21. The summed E-state index contributed by atoms with van der Waals surface area (Å²) in [5.41, 5.74) is 3.76. The largest absolute Gasteiger partial charge is 0.507 e. The molecule has 0 bridgehead atoms. The van der Waals surface area contributed by atoms with E-state index in [2.05, 4.69) is 44.9 Å². The van der Waals surface area contributed by atoms with Gasteiger partial charge in [-0.05, 0) is 172 Å². The van der Waals surface area contributed by atoms with Crippen molar-refractivity contribution in [1.82, 2.24) is 10.6 Å². The Morgan fingerprint density at radius 1 is 0.852 bits per heavy atom. The molecule has 0 aliphatic heterocycles. The van der Waals surface area contributed by atoms with Crippen molar-refractivity contribution in [3.8, 4) is 5.75 Å². The monoisotopic (exact) mass is 741 g/mol. The minimum absolute atomic E-state index is 0.0816. The molecular formula is C47H68N2O5. The highest BCUT2D eigenvalue weighted by molar-refractivity contribution is 5.94. The predicted octanol–water partition coefficient (Wildman–Crippen LogP) is 10.0. The van der Waals surface area contributed by atoms with Crippen LogP contribution < -0.4 is 10.6 Å². The average Bonchev–Trinajstić information content (AvgIpc) is 3.59. The lowest BCUT2D eigenvalue weighted by Crippen LogP contribution is -2.61. The van der Waals surface area contributed by atoms with E-state index >= 15 is 0 Å². The number of benzene rings is 2. The zero-order valence-electron chi connectivity index (χ0n) is 34.0. The average molecular weight is 741 g/mol. The summed E-state index contributed by atoms with van der Waals surface area (Å²) in [5, 5.41) is 24.3. The fraction of sp³-hybridized carbons (Fsp3) is 0.638. The van der Waals surface area contributed by atoms with Crippen LogP contribution >= 0.6 is 0 Å². The molecule has 2 aromatic carbocycles. The molecule has 0 heterocycles. The molecule has 7 heteroatoms. The summed E-state index contributed by atoms with van der Waals surface area (Å²) < 4.78 is 0. The van der Waals surface area contributed by atoms with Gasteiger partial charge in [0, 0.05) is 17.5 Å². The van der Waals surface area contributed by atoms with Crippen LogP contribution in [0.3, 0.4) is 0 Å². The number of amides is 1. The van der Waals surface area contributed by atoms with Crippen molar-refractivity contribution in [3.63, 3.8) is 0 Å². The first-order valence-electron chi connectivity index (χ1n) is 20.8. The molecule has 0 radical (unpaired) electrons. The molecule has 0 saturated heterocycles. The third kappa shape index (κ3) is 8.22. The van der Waals surface area contributed by atoms with Crippen LogP contribution in [0.1, 0.15) is 144 Å². The Labute approximate surface area is 325 Å². The van der Waals surface area contributed by atoms with Crippen LogP contribution in [0.4, 0.5) is 0 Å². The second-order valence-corrected chi connectivity index (χ2v) is 18.5. The van der Waals surface area contributed by atoms with Gasteiger partial charge in [-0.25, -0.2) is 4.79 Å². The molecule has 5 fully saturated rings. The van der Waals surface area contributed by atoms with Crippen LogP contribution in [0.5, 0.6) is 5.75 Å². The zero-order chi connectivity index (χ0) is 39.3. The maximum Gasteiger partial charge on any atom is 0.339 e. The summed E-state index contributed by atoms with van der Waals surface area (Å²) >= 11 is 0. The molecule has 8 unspecified atom stereocenters. The molecule has 54 heavy (non-hydrogen) atoms. The molecule has 296 valence electrons. The maximum atomic E-state index is 12.2. The number of carbonyl (C=O) groups excluding carboxylic acids is 2. The number of rotatable bonds is 8. The second-order valence-electron chi connectivity index (χ2n) is 18.5. The van der Waals surface area contributed by atoms with Gasteiger partial charge < -0.3 is 25.6 Å². The van der Waals surface area contributed by atoms with Gasteiger partial charge in [-0.2, -0.15) is 0 Å². The first-order chi connectivity index (χ1) is 25.7. The Morgan fingerprint density at radius 3 is 2.31 bits per heavy atom. The highest BCUT2D eigenvalue weighted by atomic mass is 16.4. The van der Waals surface area contributed by atoms with E-state index in [-0.39, 0.29) is 29.2 Å². The van der Waals surface area contributed by atoms with Gasteiger partial charge in [-0.15, -0.1) is 6.58 Å². The Hall–Kier alpha value is -3.45. The minimum Gasteiger partial charge on any atom is -0.507 e.